The number of hydrogen-bond acceptors (Lipinski definition) is 4. The van der Waals surface area contributed by atoms with Crippen LogP contribution < -0.4 is 10.5 Å². The lowest BCUT2D eigenvalue weighted by atomic mass is 9.96. The van der Waals surface area contributed by atoms with Gasteiger partial charge in [0, 0.05) is 11.5 Å². The number of rotatable bonds is 5. The molecule has 0 spiro atoms. The third kappa shape index (κ3) is 4.74. The number of nitrogens with zero attached hydrogens (tertiary/aromatic N) is 2. The maximum absolute atomic E-state index is 5.82. The molecule has 1 heterocycles. The quantitative estimate of drug-likeness (QED) is 0.856. The number of aromatic nitrogens is 2. The molecule has 2 aromatic rings. The van der Waals surface area contributed by atoms with E-state index in [0.29, 0.717) is 24.1 Å². The van der Waals surface area contributed by atoms with Crippen LogP contribution in [0, 0.1) is 0 Å². The summed E-state index contributed by atoms with van der Waals surface area (Å²) in [6.45, 7) is 6.79. The first-order valence-electron chi connectivity index (χ1n) is 7.27. The third-order valence-corrected chi connectivity index (χ3v) is 3.10. The summed E-state index contributed by atoms with van der Waals surface area (Å²) in [6, 6.07) is 12.1. The monoisotopic (exact) mass is 285 g/mol. The standard InChI is InChI=1S/C17H23N3O/c1-17(2,3)16-19-14(18)12-15(20-16)21-11-7-10-13-8-5-4-6-9-13/h4-6,8-9,12H,7,10-11H2,1-3H3,(H2,18,19,20). The molecule has 0 saturated heterocycles. The van der Waals surface area contributed by atoms with Gasteiger partial charge in [-0.05, 0) is 18.4 Å². The van der Waals surface area contributed by atoms with E-state index in [1.807, 2.05) is 6.07 Å². The van der Waals surface area contributed by atoms with Gasteiger partial charge < -0.3 is 10.5 Å². The van der Waals surface area contributed by atoms with Crippen molar-refractivity contribution >= 4 is 5.82 Å². The maximum atomic E-state index is 5.82. The molecule has 112 valence electrons. The predicted octanol–water partition coefficient (Wildman–Crippen LogP) is 3.37. The minimum atomic E-state index is -0.141. The number of nitrogen functional groups attached to an aromatic ring is 1. The Balaban J connectivity index is 1.90. The van der Waals surface area contributed by atoms with Crippen molar-refractivity contribution in [2.45, 2.75) is 39.0 Å². The van der Waals surface area contributed by atoms with Crippen molar-refractivity contribution in [3.8, 4) is 5.88 Å². The van der Waals surface area contributed by atoms with Crippen LogP contribution in [0.4, 0.5) is 5.82 Å². The average molecular weight is 285 g/mol. The van der Waals surface area contributed by atoms with Gasteiger partial charge in [0.2, 0.25) is 5.88 Å². The highest BCUT2D eigenvalue weighted by Crippen LogP contribution is 2.22. The van der Waals surface area contributed by atoms with Gasteiger partial charge in [-0.2, -0.15) is 4.98 Å². The molecule has 21 heavy (non-hydrogen) atoms. The number of anilines is 1. The maximum Gasteiger partial charge on any atom is 0.218 e. The molecule has 0 aliphatic carbocycles. The Hall–Kier alpha value is -2.10. The van der Waals surface area contributed by atoms with E-state index in [2.05, 4.69) is 55.0 Å². The van der Waals surface area contributed by atoms with E-state index < -0.39 is 0 Å². The molecular formula is C17H23N3O. The lowest BCUT2D eigenvalue weighted by Crippen LogP contribution is -2.17. The van der Waals surface area contributed by atoms with Gasteiger partial charge >= 0.3 is 0 Å². The van der Waals surface area contributed by atoms with E-state index in [1.54, 1.807) is 6.07 Å². The molecule has 0 amide bonds. The van der Waals surface area contributed by atoms with E-state index in [4.69, 9.17) is 10.5 Å². The van der Waals surface area contributed by atoms with Crippen molar-refractivity contribution in [1.82, 2.24) is 9.97 Å². The van der Waals surface area contributed by atoms with Crippen molar-refractivity contribution < 1.29 is 4.74 Å². The summed E-state index contributed by atoms with van der Waals surface area (Å²) in [5.41, 5.74) is 7.00. The Kier molecular flexibility index (Phi) is 4.78. The second kappa shape index (κ2) is 6.57. The molecule has 0 atom stereocenters. The molecule has 0 saturated carbocycles. The summed E-state index contributed by atoms with van der Waals surface area (Å²) in [5, 5.41) is 0. The highest BCUT2D eigenvalue weighted by Gasteiger charge is 2.19. The zero-order valence-corrected chi connectivity index (χ0v) is 13.0. The van der Waals surface area contributed by atoms with Gasteiger partial charge in [-0.1, -0.05) is 51.1 Å². The third-order valence-electron chi connectivity index (χ3n) is 3.10. The average Bonchev–Trinajstić information content (AvgIpc) is 2.43. The molecule has 1 aromatic heterocycles. The molecule has 2 rings (SSSR count). The van der Waals surface area contributed by atoms with Crippen molar-refractivity contribution in [3.05, 3.63) is 47.8 Å². The molecular weight excluding hydrogens is 262 g/mol. The number of nitrogens with two attached hydrogens (primary N) is 1. The number of ether oxygens (including phenoxy) is 1. The van der Waals surface area contributed by atoms with Gasteiger partial charge in [0.05, 0.1) is 6.61 Å². The van der Waals surface area contributed by atoms with Crippen LogP contribution in [0.1, 0.15) is 38.6 Å². The molecule has 0 aliphatic rings. The Morgan fingerprint density at radius 2 is 1.81 bits per heavy atom. The molecule has 0 fully saturated rings. The van der Waals surface area contributed by atoms with Crippen LogP contribution in [0.25, 0.3) is 0 Å². The summed E-state index contributed by atoms with van der Waals surface area (Å²) in [4.78, 5) is 8.70. The smallest absolute Gasteiger partial charge is 0.218 e. The predicted molar refractivity (Wildman–Crippen MR) is 85.4 cm³/mol. The van der Waals surface area contributed by atoms with Crippen molar-refractivity contribution in [1.29, 1.82) is 0 Å². The normalized spacial score (nSPS) is 11.4. The summed E-state index contributed by atoms with van der Waals surface area (Å²) >= 11 is 0. The van der Waals surface area contributed by atoms with Gasteiger partial charge in [0.15, 0.2) is 0 Å². The van der Waals surface area contributed by atoms with Crippen LogP contribution in [0.5, 0.6) is 5.88 Å². The van der Waals surface area contributed by atoms with Crippen molar-refractivity contribution in [2.24, 2.45) is 0 Å². The molecule has 4 nitrogen and oxygen atoms in total. The molecule has 2 N–H and O–H groups in total. The first-order valence-corrected chi connectivity index (χ1v) is 7.27. The van der Waals surface area contributed by atoms with Crippen LogP contribution in [0.3, 0.4) is 0 Å². The Labute approximate surface area is 126 Å². The van der Waals surface area contributed by atoms with Gasteiger partial charge in [-0.25, -0.2) is 4.98 Å². The lowest BCUT2D eigenvalue weighted by molar-refractivity contribution is 0.296. The fourth-order valence-electron chi connectivity index (χ4n) is 1.95. The fourth-order valence-corrected chi connectivity index (χ4v) is 1.95. The summed E-state index contributed by atoms with van der Waals surface area (Å²) in [7, 11) is 0. The van der Waals surface area contributed by atoms with Crippen LogP contribution in [-0.2, 0) is 11.8 Å². The number of benzene rings is 1. The largest absolute Gasteiger partial charge is 0.478 e. The van der Waals surface area contributed by atoms with E-state index in [0.717, 1.165) is 12.8 Å². The highest BCUT2D eigenvalue weighted by atomic mass is 16.5. The van der Waals surface area contributed by atoms with Crippen LogP contribution in [-0.4, -0.2) is 16.6 Å². The van der Waals surface area contributed by atoms with Gasteiger partial charge in [0.1, 0.15) is 11.6 Å². The lowest BCUT2D eigenvalue weighted by Gasteiger charge is -2.17. The van der Waals surface area contributed by atoms with Crippen LogP contribution in [0.15, 0.2) is 36.4 Å². The van der Waals surface area contributed by atoms with E-state index in [9.17, 15) is 0 Å². The van der Waals surface area contributed by atoms with Crippen molar-refractivity contribution in [3.63, 3.8) is 0 Å². The molecule has 0 aliphatic heterocycles. The van der Waals surface area contributed by atoms with Crippen LogP contribution >= 0.6 is 0 Å². The second-order valence-electron chi connectivity index (χ2n) is 6.14. The van der Waals surface area contributed by atoms with Crippen LogP contribution in [0.2, 0.25) is 0 Å². The Morgan fingerprint density at radius 1 is 1.10 bits per heavy atom. The molecule has 0 unspecified atom stereocenters. The van der Waals surface area contributed by atoms with Gasteiger partial charge in [-0.3, -0.25) is 0 Å². The summed E-state index contributed by atoms with van der Waals surface area (Å²) in [5.74, 6) is 1.72. The first kappa shape index (κ1) is 15.3. The Bertz CT molecular complexity index is 576. The fraction of sp³-hybridized carbons (Fsp3) is 0.412. The number of hydrogen-bond donors (Lipinski definition) is 1. The zero-order chi connectivity index (χ0) is 15.3. The number of aryl methyl sites for hydroxylation is 1. The van der Waals surface area contributed by atoms with E-state index >= 15 is 0 Å². The Morgan fingerprint density at radius 3 is 2.48 bits per heavy atom. The molecule has 0 radical (unpaired) electrons. The topological polar surface area (TPSA) is 61.0 Å². The van der Waals surface area contributed by atoms with Gasteiger partial charge in [0.25, 0.3) is 0 Å². The van der Waals surface area contributed by atoms with Crippen molar-refractivity contribution in [2.75, 3.05) is 12.3 Å². The van der Waals surface area contributed by atoms with E-state index in [1.165, 1.54) is 5.56 Å². The highest BCUT2D eigenvalue weighted by molar-refractivity contribution is 5.34. The minimum Gasteiger partial charge on any atom is -0.478 e. The zero-order valence-electron chi connectivity index (χ0n) is 13.0. The SMILES string of the molecule is CC(C)(C)c1nc(N)cc(OCCCc2ccccc2)n1. The molecule has 4 heteroatoms. The van der Waals surface area contributed by atoms with E-state index in [-0.39, 0.29) is 5.41 Å². The summed E-state index contributed by atoms with van der Waals surface area (Å²) < 4.78 is 5.71. The second-order valence-corrected chi connectivity index (χ2v) is 6.14. The molecule has 0 bridgehead atoms. The summed E-state index contributed by atoms with van der Waals surface area (Å²) in [6.07, 6.45) is 1.94. The first-order chi connectivity index (χ1) is 9.95. The molecule has 1 aromatic carbocycles. The van der Waals surface area contributed by atoms with Gasteiger partial charge in [-0.15, -0.1) is 0 Å². The minimum absolute atomic E-state index is 0.141.